The van der Waals surface area contributed by atoms with E-state index in [4.69, 9.17) is 0 Å². The fourth-order valence-corrected chi connectivity index (χ4v) is 2.58. The van der Waals surface area contributed by atoms with Gasteiger partial charge in [0, 0.05) is 19.1 Å². The second kappa shape index (κ2) is 5.19. The summed E-state index contributed by atoms with van der Waals surface area (Å²) in [6.07, 6.45) is 4.44. The van der Waals surface area contributed by atoms with Gasteiger partial charge in [-0.15, -0.1) is 0 Å². The van der Waals surface area contributed by atoms with Gasteiger partial charge in [0.15, 0.2) is 5.96 Å². The van der Waals surface area contributed by atoms with E-state index in [0.717, 1.165) is 24.4 Å². The molecule has 0 unspecified atom stereocenters. The molecule has 0 heterocycles. The van der Waals surface area contributed by atoms with Gasteiger partial charge in [-0.2, -0.15) is 0 Å². The summed E-state index contributed by atoms with van der Waals surface area (Å²) in [5.41, 5.74) is 0.852. The van der Waals surface area contributed by atoms with Crippen LogP contribution in [0, 0.1) is 5.82 Å². The van der Waals surface area contributed by atoms with E-state index in [1.54, 1.807) is 19.2 Å². The predicted molar refractivity (Wildman–Crippen MR) is 74.8 cm³/mol. The Bertz CT molecular complexity index is 476. The topological polar surface area (TPSA) is 36.4 Å². The highest BCUT2D eigenvalue weighted by Gasteiger charge is 2.33. The molecule has 1 aromatic rings. The number of aliphatic imine (C=N–C) groups is 1. The number of nitrogens with one attached hydrogen (secondary N) is 2. The molecule has 2 fully saturated rings. The van der Waals surface area contributed by atoms with Crippen LogP contribution in [0.5, 0.6) is 0 Å². The maximum atomic E-state index is 13.6. The summed E-state index contributed by atoms with van der Waals surface area (Å²) in [4.78, 5) is 4.23. The zero-order chi connectivity index (χ0) is 13.2. The average Bonchev–Trinajstić information content (AvgIpc) is 3.17. The molecule has 2 N–H and O–H groups in total. The molecule has 0 aliphatic heterocycles. The first-order valence-corrected chi connectivity index (χ1v) is 7.00. The molecule has 0 bridgehead atoms. The van der Waals surface area contributed by atoms with Crippen molar-refractivity contribution < 1.29 is 4.39 Å². The molecular weight excluding hydrogens is 241 g/mol. The quantitative estimate of drug-likeness (QED) is 0.647. The molecule has 0 saturated heterocycles. The lowest BCUT2D eigenvalue weighted by molar-refractivity contribution is 0.314. The van der Waals surface area contributed by atoms with Crippen LogP contribution in [-0.2, 0) is 0 Å². The monoisotopic (exact) mass is 261 g/mol. The van der Waals surface area contributed by atoms with E-state index in [1.807, 2.05) is 12.1 Å². The standard InChI is InChI=1S/C15H20FN3/c1-17-15(18-11-6-7-11)19-12-8-10(9-12)13-4-2-3-5-14(13)16/h2-5,10-12H,6-9H2,1H3,(H2,17,18,19). The number of rotatable bonds is 3. The van der Waals surface area contributed by atoms with Crippen LogP contribution in [0.3, 0.4) is 0 Å². The Morgan fingerprint density at radius 1 is 1.16 bits per heavy atom. The van der Waals surface area contributed by atoms with Gasteiger partial charge in [-0.05, 0) is 43.2 Å². The molecule has 4 heteroatoms. The van der Waals surface area contributed by atoms with Gasteiger partial charge in [-0.1, -0.05) is 18.2 Å². The first kappa shape index (κ1) is 12.5. The highest BCUT2D eigenvalue weighted by molar-refractivity contribution is 5.80. The molecule has 2 saturated carbocycles. The Morgan fingerprint density at radius 3 is 2.47 bits per heavy atom. The van der Waals surface area contributed by atoms with Gasteiger partial charge in [0.25, 0.3) is 0 Å². The molecule has 0 atom stereocenters. The molecule has 2 aliphatic carbocycles. The molecular formula is C15H20FN3. The minimum absolute atomic E-state index is 0.0774. The average molecular weight is 261 g/mol. The molecule has 0 aromatic heterocycles. The minimum atomic E-state index is -0.0774. The Labute approximate surface area is 113 Å². The third kappa shape index (κ3) is 2.88. The van der Waals surface area contributed by atoms with Crippen molar-refractivity contribution >= 4 is 5.96 Å². The molecule has 0 amide bonds. The van der Waals surface area contributed by atoms with Gasteiger partial charge >= 0.3 is 0 Å². The first-order valence-electron chi connectivity index (χ1n) is 7.00. The molecule has 1 aromatic carbocycles. The van der Waals surface area contributed by atoms with E-state index in [0.29, 0.717) is 18.0 Å². The zero-order valence-corrected chi connectivity index (χ0v) is 11.2. The van der Waals surface area contributed by atoms with Gasteiger partial charge in [0.1, 0.15) is 5.82 Å². The largest absolute Gasteiger partial charge is 0.354 e. The number of hydrogen-bond acceptors (Lipinski definition) is 1. The lowest BCUT2D eigenvalue weighted by atomic mass is 9.76. The normalized spacial score (nSPS) is 26.7. The van der Waals surface area contributed by atoms with Crippen LogP contribution in [0.25, 0.3) is 0 Å². The summed E-state index contributed by atoms with van der Waals surface area (Å²) in [5.74, 6) is 1.16. The first-order chi connectivity index (χ1) is 9.26. The summed E-state index contributed by atoms with van der Waals surface area (Å²) in [7, 11) is 1.80. The number of halogens is 1. The maximum Gasteiger partial charge on any atom is 0.191 e. The number of benzene rings is 1. The molecule has 2 aliphatic rings. The van der Waals surface area contributed by atoms with Crippen LogP contribution in [0.2, 0.25) is 0 Å². The van der Waals surface area contributed by atoms with Crippen LogP contribution in [0.15, 0.2) is 29.3 Å². The van der Waals surface area contributed by atoms with Crippen LogP contribution in [0.4, 0.5) is 4.39 Å². The van der Waals surface area contributed by atoms with E-state index in [1.165, 1.54) is 12.8 Å². The molecule has 3 rings (SSSR count). The van der Waals surface area contributed by atoms with Crippen molar-refractivity contribution in [2.45, 2.75) is 43.7 Å². The van der Waals surface area contributed by atoms with E-state index >= 15 is 0 Å². The van der Waals surface area contributed by atoms with Crippen LogP contribution in [-0.4, -0.2) is 25.1 Å². The summed E-state index contributed by atoms with van der Waals surface area (Å²) >= 11 is 0. The third-order valence-corrected chi connectivity index (χ3v) is 3.97. The second-order valence-electron chi connectivity index (χ2n) is 5.52. The Kier molecular flexibility index (Phi) is 3.40. The third-order valence-electron chi connectivity index (χ3n) is 3.97. The lowest BCUT2D eigenvalue weighted by Gasteiger charge is -2.37. The molecule has 102 valence electrons. The van der Waals surface area contributed by atoms with E-state index in [2.05, 4.69) is 15.6 Å². The zero-order valence-electron chi connectivity index (χ0n) is 11.2. The van der Waals surface area contributed by atoms with Crippen LogP contribution < -0.4 is 10.6 Å². The van der Waals surface area contributed by atoms with Crippen molar-refractivity contribution in [1.82, 2.24) is 10.6 Å². The van der Waals surface area contributed by atoms with E-state index < -0.39 is 0 Å². The molecule has 0 radical (unpaired) electrons. The fraction of sp³-hybridized carbons (Fsp3) is 0.533. The molecule has 19 heavy (non-hydrogen) atoms. The Balaban J connectivity index is 1.51. The van der Waals surface area contributed by atoms with Crippen molar-refractivity contribution in [2.24, 2.45) is 4.99 Å². The molecule has 0 spiro atoms. The number of guanidine groups is 1. The lowest BCUT2D eigenvalue weighted by Crippen LogP contribution is -2.49. The van der Waals surface area contributed by atoms with Gasteiger partial charge in [0.05, 0.1) is 0 Å². The van der Waals surface area contributed by atoms with Crippen molar-refractivity contribution in [3.05, 3.63) is 35.6 Å². The fourth-order valence-electron chi connectivity index (χ4n) is 2.58. The van der Waals surface area contributed by atoms with E-state index in [-0.39, 0.29) is 5.82 Å². The summed E-state index contributed by atoms with van der Waals surface area (Å²) in [5, 5.41) is 6.78. The van der Waals surface area contributed by atoms with Crippen LogP contribution in [0.1, 0.15) is 37.2 Å². The van der Waals surface area contributed by atoms with Crippen LogP contribution >= 0.6 is 0 Å². The van der Waals surface area contributed by atoms with Crippen molar-refractivity contribution in [3.63, 3.8) is 0 Å². The summed E-state index contributed by atoms with van der Waals surface area (Å²) in [6, 6.07) is 8.11. The second-order valence-corrected chi connectivity index (χ2v) is 5.52. The summed E-state index contributed by atoms with van der Waals surface area (Å²) < 4.78 is 13.6. The summed E-state index contributed by atoms with van der Waals surface area (Å²) in [6.45, 7) is 0. The van der Waals surface area contributed by atoms with Crippen molar-refractivity contribution in [3.8, 4) is 0 Å². The number of hydrogen-bond donors (Lipinski definition) is 2. The Hall–Kier alpha value is -1.58. The van der Waals surface area contributed by atoms with Gasteiger partial charge in [-0.25, -0.2) is 4.39 Å². The predicted octanol–water partition coefficient (Wildman–Crippen LogP) is 2.40. The number of nitrogens with zero attached hydrogens (tertiary/aromatic N) is 1. The maximum absolute atomic E-state index is 13.6. The van der Waals surface area contributed by atoms with Gasteiger partial charge in [-0.3, -0.25) is 4.99 Å². The van der Waals surface area contributed by atoms with E-state index in [9.17, 15) is 4.39 Å². The SMILES string of the molecule is CN=C(NC1CC1)NC1CC(c2ccccc2F)C1. The van der Waals surface area contributed by atoms with Crippen molar-refractivity contribution in [1.29, 1.82) is 0 Å². The van der Waals surface area contributed by atoms with Crippen molar-refractivity contribution in [2.75, 3.05) is 7.05 Å². The minimum Gasteiger partial charge on any atom is -0.354 e. The smallest absolute Gasteiger partial charge is 0.191 e. The highest BCUT2D eigenvalue weighted by Crippen LogP contribution is 2.37. The molecule has 3 nitrogen and oxygen atoms in total. The highest BCUT2D eigenvalue weighted by atomic mass is 19.1. The van der Waals surface area contributed by atoms with Gasteiger partial charge < -0.3 is 10.6 Å². The Morgan fingerprint density at radius 2 is 1.84 bits per heavy atom. The van der Waals surface area contributed by atoms with Gasteiger partial charge in [0.2, 0.25) is 0 Å².